The normalized spacial score (nSPS) is 10.0. The Kier molecular flexibility index (Phi) is 7.05. The van der Waals surface area contributed by atoms with E-state index in [1.165, 1.54) is 0 Å². The number of hydrogen-bond acceptors (Lipinski definition) is 7. The van der Waals surface area contributed by atoms with Crippen molar-refractivity contribution in [3.05, 3.63) is 83.9 Å². The lowest BCUT2D eigenvalue weighted by Crippen LogP contribution is -2.06. The van der Waals surface area contributed by atoms with E-state index in [4.69, 9.17) is 10.5 Å². The second-order valence-electron chi connectivity index (χ2n) is 6.35. The Labute approximate surface area is 184 Å². The minimum Gasteiger partial charge on any atom is -0.490 e. The predicted octanol–water partition coefficient (Wildman–Crippen LogP) is 4.61. The number of ether oxygens (including phenoxy) is 1. The Morgan fingerprint density at radius 1 is 1.10 bits per heavy atom. The number of Topliss-reactive ketones (excluding diaryl/α,β-unsaturated/α-hetero) is 1. The molecular weight excluding hydrogens is 408 g/mol. The maximum absolute atomic E-state index is 12.5. The van der Waals surface area contributed by atoms with Crippen LogP contribution in [0.15, 0.2) is 72.3 Å². The summed E-state index contributed by atoms with van der Waals surface area (Å²) in [4.78, 5) is 16.7. The number of rotatable bonds is 8. The smallest absolute Gasteiger partial charge is 0.173 e. The highest BCUT2D eigenvalue weighted by Crippen LogP contribution is 2.36. The third-order valence-electron chi connectivity index (χ3n) is 4.36. The molecule has 1 aromatic heterocycles. The van der Waals surface area contributed by atoms with Crippen LogP contribution in [0.25, 0.3) is 11.1 Å². The Bertz CT molecular complexity index is 1190. The molecule has 0 aliphatic rings. The van der Waals surface area contributed by atoms with E-state index in [-0.39, 0.29) is 28.5 Å². The number of carbonyl (C=O) groups excluding carboxylic acids is 1. The van der Waals surface area contributed by atoms with Gasteiger partial charge < -0.3 is 10.5 Å². The SMILES string of the molecule is C=CCOc1ccc(-c2c(C#N)c(N)nc(SCC(=O)c3ccccc3)c2C#N)cc1. The molecule has 0 fully saturated rings. The first-order chi connectivity index (χ1) is 15.1. The molecular formula is C24H18N4O2S. The molecule has 6 nitrogen and oxygen atoms in total. The van der Waals surface area contributed by atoms with Crippen LogP contribution in [0.3, 0.4) is 0 Å². The highest BCUT2D eigenvalue weighted by molar-refractivity contribution is 8.00. The van der Waals surface area contributed by atoms with E-state index >= 15 is 0 Å². The summed E-state index contributed by atoms with van der Waals surface area (Å²) in [5.41, 5.74) is 7.95. The number of nitrogen functional groups attached to an aromatic ring is 1. The molecule has 0 bridgehead atoms. The van der Waals surface area contributed by atoms with Gasteiger partial charge in [0.1, 0.15) is 40.9 Å². The van der Waals surface area contributed by atoms with Crippen LogP contribution in [0.2, 0.25) is 0 Å². The molecule has 0 saturated heterocycles. The number of benzene rings is 2. The van der Waals surface area contributed by atoms with Crippen LogP contribution in [0.5, 0.6) is 5.75 Å². The fourth-order valence-electron chi connectivity index (χ4n) is 2.91. The lowest BCUT2D eigenvalue weighted by atomic mass is 9.97. The van der Waals surface area contributed by atoms with Crippen LogP contribution in [-0.4, -0.2) is 23.1 Å². The topological polar surface area (TPSA) is 113 Å². The van der Waals surface area contributed by atoms with Gasteiger partial charge in [0.15, 0.2) is 5.78 Å². The van der Waals surface area contributed by atoms with Gasteiger partial charge >= 0.3 is 0 Å². The molecule has 3 rings (SSSR count). The van der Waals surface area contributed by atoms with Crippen molar-refractivity contribution in [1.29, 1.82) is 10.5 Å². The summed E-state index contributed by atoms with van der Waals surface area (Å²) in [5, 5.41) is 19.8. The molecule has 2 N–H and O–H groups in total. The van der Waals surface area contributed by atoms with Crippen molar-refractivity contribution in [3.63, 3.8) is 0 Å². The molecule has 0 aliphatic heterocycles. The average Bonchev–Trinajstić information content (AvgIpc) is 2.81. The van der Waals surface area contributed by atoms with E-state index in [0.29, 0.717) is 34.1 Å². The number of carbonyl (C=O) groups is 1. The molecule has 0 spiro atoms. The molecule has 0 unspecified atom stereocenters. The minimum atomic E-state index is -0.0931. The van der Waals surface area contributed by atoms with Crippen molar-refractivity contribution in [1.82, 2.24) is 4.98 Å². The van der Waals surface area contributed by atoms with Gasteiger partial charge in [0, 0.05) is 11.1 Å². The molecule has 0 radical (unpaired) electrons. The van der Waals surface area contributed by atoms with Crippen LogP contribution >= 0.6 is 11.8 Å². The second kappa shape index (κ2) is 10.1. The molecule has 3 aromatic rings. The van der Waals surface area contributed by atoms with Crippen LogP contribution < -0.4 is 10.5 Å². The summed E-state index contributed by atoms with van der Waals surface area (Å²) in [6, 6.07) is 20.0. The van der Waals surface area contributed by atoms with Crippen molar-refractivity contribution < 1.29 is 9.53 Å². The number of aromatic nitrogens is 1. The molecule has 2 aromatic carbocycles. The van der Waals surface area contributed by atoms with Crippen molar-refractivity contribution in [2.24, 2.45) is 0 Å². The van der Waals surface area contributed by atoms with Gasteiger partial charge in [-0.3, -0.25) is 4.79 Å². The summed E-state index contributed by atoms with van der Waals surface area (Å²) in [7, 11) is 0. The molecule has 152 valence electrons. The van der Waals surface area contributed by atoms with E-state index in [0.717, 1.165) is 11.8 Å². The van der Waals surface area contributed by atoms with E-state index in [1.807, 2.05) is 12.1 Å². The van der Waals surface area contributed by atoms with Crippen LogP contribution in [0, 0.1) is 22.7 Å². The first-order valence-corrected chi connectivity index (χ1v) is 10.3. The zero-order valence-electron chi connectivity index (χ0n) is 16.5. The third-order valence-corrected chi connectivity index (χ3v) is 5.34. The quantitative estimate of drug-likeness (QED) is 0.318. The number of nitrogens with zero attached hydrogens (tertiary/aromatic N) is 3. The highest BCUT2D eigenvalue weighted by atomic mass is 32.2. The summed E-state index contributed by atoms with van der Waals surface area (Å²) in [6.07, 6.45) is 1.64. The number of ketones is 1. The van der Waals surface area contributed by atoms with E-state index in [1.54, 1.807) is 54.6 Å². The number of pyridine rings is 1. The van der Waals surface area contributed by atoms with Gasteiger partial charge in [-0.05, 0) is 17.7 Å². The van der Waals surface area contributed by atoms with Gasteiger partial charge in [-0.1, -0.05) is 66.9 Å². The van der Waals surface area contributed by atoms with Crippen LogP contribution in [0.4, 0.5) is 5.82 Å². The van der Waals surface area contributed by atoms with Gasteiger partial charge in [-0.2, -0.15) is 10.5 Å². The maximum atomic E-state index is 12.5. The number of nitrogens with two attached hydrogens (primary N) is 1. The van der Waals surface area contributed by atoms with Crippen molar-refractivity contribution in [3.8, 4) is 29.0 Å². The van der Waals surface area contributed by atoms with E-state index in [9.17, 15) is 15.3 Å². The van der Waals surface area contributed by atoms with Crippen molar-refractivity contribution in [2.45, 2.75) is 5.03 Å². The van der Waals surface area contributed by atoms with Crippen LogP contribution in [0.1, 0.15) is 21.5 Å². The van der Waals surface area contributed by atoms with Gasteiger partial charge in [0.2, 0.25) is 0 Å². The van der Waals surface area contributed by atoms with Gasteiger partial charge in [-0.15, -0.1) is 0 Å². The molecule has 0 atom stereocenters. The molecule has 7 heteroatoms. The molecule has 0 aliphatic carbocycles. The number of anilines is 1. The summed E-state index contributed by atoms with van der Waals surface area (Å²) in [5.74, 6) is 0.638. The predicted molar refractivity (Wildman–Crippen MR) is 121 cm³/mol. The van der Waals surface area contributed by atoms with Crippen molar-refractivity contribution in [2.75, 3.05) is 18.1 Å². The van der Waals surface area contributed by atoms with E-state index < -0.39 is 0 Å². The Morgan fingerprint density at radius 3 is 2.39 bits per heavy atom. The first-order valence-electron chi connectivity index (χ1n) is 9.27. The number of hydrogen-bond donors (Lipinski definition) is 1. The Morgan fingerprint density at radius 2 is 1.77 bits per heavy atom. The zero-order chi connectivity index (χ0) is 22.2. The summed E-state index contributed by atoms with van der Waals surface area (Å²) < 4.78 is 5.49. The molecule has 1 heterocycles. The van der Waals surface area contributed by atoms with Crippen molar-refractivity contribution >= 4 is 23.4 Å². The molecule has 0 amide bonds. The molecule has 31 heavy (non-hydrogen) atoms. The summed E-state index contributed by atoms with van der Waals surface area (Å²) in [6.45, 7) is 3.98. The third kappa shape index (κ3) is 4.92. The largest absolute Gasteiger partial charge is 0.490 e. The van der Waals surface area contributed by atoms with E-state index in [2.05, 4.69) is 17.6 Å². The second-order valence-corrected chi connectivity index (χ2v) is 7.32. The average molecular weight is 427 g/mol. The Hall–Kier alpha value is -4.07. The zero-order valence-corrected chi connectivity index (χ0v) is 17.4. The van der Waals surface area contributed by atoms with Gasteiger partial charge in [0.25, 0.3) is 0 Å². The summed E-state index contributed by atoms with van der Waals surface area (Å²) >= 11 is 1.12. The fourth-order valence-corrected chi connectivity index (χ4v) is 3.79. The maximum Gasteiger partial charge on any atom is 0.173 e. The highest BCUT2D eigenvalue weighted by Gasteiger charge is 2.21. The lowest BCUT2D eigenvalue weighted by Gasteiger charge is -2.13. The Balaban J connectivity index is 1.98. The fraction of sp³-hybridized carbons (Fsp3) is 0.0833. The monoisotopic (exact) mass is 426 g/mol. The van der Waals surface area contributed by atoms with Gasteiger partial charge in [0.05, 0.1) is 11.3 Å². The van der Waals surface area contributed by atoms with Crippen LogP contribution in [-0.2, 0) is 0 Å². The first kappa shape index (κ1) is 21.6. The van der Waals surface area contributed by atoms with Gasteiger partial charge in [-0.25, -0.2) is 4.98 Å². The minimum absolute atomic E-state index is 0.0122. The lowest BCUT2D eigenvalue weighted by molar-refractivity contribution is 0.102. The number of thioether (sulfide) groups is 1. The number of nitriles is 2. The standard InChI is InChI=1S/C24H18N4O2S/c1-2-12-30-18-10-8-17(9-11-18)22-19(13-25)23(27)28-24(20(22)14-26)31-15-21(29)16-6-4-3-5-7-16/h2-11H,1,12,15H2,(H2,27,28). The molecule has 0 saturated carbocycles.